The Balaban J connectivity index is 2.92. The summed E-state index contributed by atoms with van der Waals surface area (Å²) in [6.07, 6.45) is -5.07. The van der Waals surface area contributed by atoms with Gasteiger partial charge in [-0.2, -0.15) is 13.2 Å². The summed E-state index contributed by atoms with van der Waals surface area (Å²) < 4.78 is 38.8. The second kappa shape index (κ2) is 5.36. The first-order valence-corrected chi connectivity index (χ1v) is 5.98. The number of aliphatic carboxylic acids is 1. The molecule has 0 aromatic carbocycles. The van der Waals surface area contributed by atoms with Crippen LogP contribution in [0.4, 0.5) is 13.2 Å². The number of rotatable bonds is 4. The van der Waals surface area contributed by atoms with Gasteiger partial charge in [0.1, 0.15) is 0 Å². The lowest BCUT2D eigenvalue weighted by Crippen LogP contribution is -2.48. The third kappa shape index (κ3) is 2.68. The van der Waals surface area contributed by atoms with E-state index in [0.717, 1.165) is 4.90 Å². The summed E-state index contributed by atoms with van der Waals surface area (Å²) in [5.41, 5.74) is 2.53. The molecule has 2 unspecified atom stereocenters. The normalized spacial score (nSPS) is 25.4. The summed E-state index contributed by atoms with van der Waals surface area (Å²) in [5, 5.41) is 8.87. The van der Waals surface area contributed by atoms with Crippen LogP contribution in [0.5, 0.6) is 0 Å². The van der Waals surface area contributed by atoms with Crippen molar-refractivity contribution in [2.75, 3.05) is 19.6 Å². The zero-order valence-electron chi connectivity index (χ0n) is 10.5. The van der Waals surface area contributed by atoms with Crippen molar-refractivity contribution in [3.05, 3.63) is 0 Å². The predicted molar refractivity (Wildman–Crippen MR) is 60.2 cm³/mol. The third-order valence-corrected chi connectivity index (χ3v) is 3.66. The number of hydrogen-bond acceptors (Lipinski definition) is 3. The van der Waals surface area contributed by atoms with E-state index in [4.69, 9.17) is 10.8 Å². The second-order valence-electron chi connectivity index (χ2n) is 4.74. The molecule has 1 amide bonds. The number of halogens is 3. The molecule has 1 aliphatic heterocycles. The lowest BCUT2D eigenvalue weighted by atomic mass is 9.86. The number of carboxylic acid groups (broad SMARTS) is 1. The lowest BCUT2D eigenvalue weighted by molar-refractivity contribution is -0.227. The number of carbonyl (C=O) groups is 2. The first kappa shape index (κ1) is 15.7. The highest BCUT2D eigenvalue weighted by molar-refractivity contribution is 5.82. The summed E-state index contributed by atoms with van der Waals surface area (Å²) in [6.45, 7) is 0.708. The van der Waals surface area contributed by atoms with Crippen LogP contribution in [0, 0.1) is 11.3 Å². The zero-order valence-corrected chi connectivity index (χ0v) is 10.5. The van der Waals surface area contributed by atoms with Crippen molar-refractivity contribution < 1.29 is 27.9 Å². The highest BCUT2D eigenvalue weighted by Gasteiger charge is 2.64. The van der Waals surface area contributed by atoms with Gasteiger partial charge in [0.25, 0.3) is 0 Å². The SMILES string of the molecule is CCC(CN)C(=O)N1CCC(C(=O)O)(C(F)(F)F)C1. The Morgan fingerprint density at radius 3 is 2.37 bits per heavy atom. The molecule has 0 radical (unpaired) electrons. The van der Waals surface area contributed by atoms with Crippen molar-refractivity contribution in [2.45, 2.75) is 25.9 Å². The quantitative estimate of drug-likeness (QED) is 0.800. The molecule has 0 spiro atoms. The predicted octanol–water partition coefficient (Wildman–Crippen LogP) is 0.837. The smallest absolute Gasteiger partial charge is 0.406 e. The van der Waals surface area contributed by atoms with E-state index in [1.807, 2.05) is 0 Å². The molecular weight excluding hydrogens is 265 g/mol. The molecule has 0 aromatic rings. The van der Waals surface area contributed by atoms with E-state index in [2.05, 4.69) is 0 Å². The van der Waals surface area contributed by atoms with E-state index < -0.39 is 42.4 Å². The first-order chi connectivity index (χ1) is 8.69. The topological polar surface area (TPSA) is 83.6 Å². The van der Waals surface area contributed by atoms with E-state index in [9.17, 15) is 22.8 Å². The fourth-order valence-corrected chi connectivity index (χ4v) is 2.23. The molecule has 8 heteroatoms. The van der Waals surface area contributed by atoms with Crippen molar-refractivity contribution in [3.8, 4) is 0 Å². The summed E-state index contributed by atoms with van der Waals surface area (Å²) >= 11 is 0. The van der Waals surface area contributed by atoms with Crippen LogP contribution >= 0.6 is 0 Å². The number of carbonyl (C=O) groups excluding carboxylic acids is 1. The standard InChI is InChI=1S/C11H17F3N2O3/c1-2-7(5-15)8(17)16-4-3-10(6-16,9(18)19)11(12,13)14/h7H,2-6,15H2,1H3,(H,18,19). The van der Waals surface area contributed by atoms with Gasteiger partial charge in [0.2, 0.25) is 5.91 Å². The van der Waals surface area contributed by atoms with E-state index in [0.29, 0.717) is 6.42 Å². The fourth-order valence-electron chi connectivity index (χ4n) is 2.23. The number of nitrogens with two attached hydrogens (primary N) is 1. The van der Waals surface area contributed by atoms with Gasteiger partial charge in [0.05, 0.1) is 5.92 Å². The van der Waals surface area contributed by atoms with Gasteiger partial charge in [-0.3, -0.25) is 9.59 Å². The van der Waals surface area contributed by atoms with Gasteiger partial charge in [-0.1, -0.05) is 6.92 Å². The van der Waals surface area contributed by atoms with Crippen LogP contribution in [-0.4, -0.2) is 47.7 Å². The average molecular weight is 282 g/mol. The Labute approximate surface area is 108 Å². The van der Waals surface area contributed by atoms with Crippen LogP contribution in [0.2, 0.25) is 0 Å². The van der Waals surface area contributed by atoms with Crippen LogP contribution in [0.3, 0.4) is 0 Å². The molecule has 5 nitrogen and oxygen atoms in total. The van der Waals surface area contributed by atoms with Crippen LogP contribution in [-0.2, 0) is 9.59 Å². The van der Waals surface area contributed by atoms with Crippen LogP contribution in [0.15, 0.2) is 0 Å². The Morgan fingerprint density at radius 2 is 2.05 bits per heavy atom. The molecule has 2 atom stereocenters. The first-order valence-electron chi connectivity index (χ1n) is 5.98. The molecule has 19 heavy (non-hydrogen) atoms. The molecule has 3 N–H and O–H groups in total. The molecule has 110 valence electrons. The Hall–Kier alpha value is -1.31. The van der Waals surface area contributed by atoms with Crippen LogP contribution in [0.1, 0.15) is 19.8 Å². The number of nitrogens with zero attached hydrogens (tertiary/aromatic N) is 1. The van der Waals surface area contributed by atoms with E-state index in [1.54, 1.807) is 6.92 Å². The number of amides is 1. The molecule has 0 aliphatic carbocycles. The lowest BCUT2D eigenvalue weighted by Gasteiger charge is -2.28. The molecule has 1 heterocycles. The maximum absolute atomic E-state index is 12.9. The van der Waals surface area contributed by atoms with Gasteiger partial charge in [-0.05, 0) is 12.8 Å². The number of alkyl halides is 3. The number of likely N-dealkylation sites (tertiary alicyclic amines) is 1. The number of hydrogen-bond donors (Lipinski definition) is 2. The molecule has 1 saturated heterocycles. The average Bonchev–Trinajstić information content (AvgIpc) is 2.75. The Bertz CT molecular complexity index is 369. The van der Waals surface area contributed by atoms with Gasteiger partial charge < -0.3 is 15.7 Å². The van der Waals surface area contributed by atoms with Crippen LogP contribution in [0.25, 0.3) is 0 Å². The van der Waals surface area contributed by atoms with Crippen molar-refractivity contribution in [1.29, 1.82) is 0 Å². The Morgan fingerprint density at radius 1 is 1.47 bits per heavy atom. The van der Waals surface area contributed by atoms with Gasteiger partial charge in [0.15, 0.2) is 5.41 Å². The van der Waals surface area contributed by atoms with Gasteiger partial charge in [0, 0.05) is 19.6 Å². The van der Waals surface area contributed by atoms with E-state index in [-0.39, 0.29) is 13.1 Å². The van der Waals surface area contributed by atoms with E-state index in [1.165, 1.54) is 0 Å². The van der Waals surface area contributed by atoms with Crippen molar-refractivity contribution >= 4 is 11.9 Å². The molecule has 0 bridgehead atoms. The highest BCUT2D eigenvalue weighted by atomic mass is 19.4. The van der Waals surface area contributed by atoms with Gasteiger partial charge in [-0.25, -0.2) is 0 Å². The molecule has 0 saturated carbocycles. The molecule has 1 aliphatic rings. The number of carboxylic acids is 1. The Kier molecular flexibility index (Phi) is 4.44. The minimum absolute atomic E-state index is 0.0396. The summed E-state index contributed by atoms with van der Waals surface area (Å²) in [5.74, 6) is -2.99. The highest BCUT2D eigenvalue weighted by Crippen LogP contribution is 2.45. The monoisotopic (exact) mass is 282 g/mol. The zero-order chi connectivity index (χ0) is 14.8. The minimum atomic E-state index is -4.88. The van der Waals surface area contributed by atoms with Crippen molar-refractivity contribution in [2.24, 2.45) is 17.1 Å². The second-order valence-corrected chi connectivity index (χ2v) is 4.74. The molecule has 0 aromatic heterocycles. The maximum Gasteiger partial charge on any atom is 0.406 e. The van der Waals surface area contributed by atoms with Gasteiger partial charge >= 0.3 is 12.1 Å². The molecular formula is C11H17F3N2O3. The summed E-state index contributed by atoms with van der Waals surface area (Å²) in [6, 6.07) is 0. The maximum atomic E-state index is 12.9. The summed E-state index contributed by atoms with van der Waals surface area (Å²) in [7, 11) is 0. The summed E-state index contributed by atoms with van der Waals surface area (Å²) in [4.78, 5) is 23.9. The molecule has 1 fully saturated rings. The fraction of sp³-hybridized carbons (Fsp3) is 0.818. The van der Waals surface area contributed by atoms with Crippen molar-refractivity contribution in [3.63, 3.8) is 0 Å². The molecule has 1 rings (SSSR count). The third-order valence-electron chi connectivity index (χ3n) is 3.66. The minimum Gasteiger partial charge on any atom is -0.481 e. The largest absolute Gasteiger partial charge is 0.481 e. The van der Waals surface area contributed by atoms with E-state index >= 15 is 0 Å². The van der Waals surface area contributed by atoms with Gasteiger partial charge in [-0.15, -0.1) is 0 Å². The van der Waals surface area contributed by atoms with Crippen LogP contribution < -0.4 is 5.73 Å². The van der Waals surface area contributed by atoms with Crippen molar-refractivity contribution in [1.82, 2.24) is 4.90 Å².